The third kappa shape index (κ3) is 4.03. The number of aliphatic imine (C=N–C) groups is 1. The lowest BCUT2D eigenvalue weighted by Gasteiger charge is -2.08. The zero-order valence-corrected chi connectivity index (χ0v) is 14.1. The van der Waals surface area contributed by atoms with E-state index in [-0.39, 0.29) is 11.6 Å². The molecule has 0 spiro atoms. The lowest BCUT2D eigenvalue weighted by Crippen LogP contribution is -2.27. The maximum absolute atomic E-state index is 12.3. The summed E-state index contributed by atoms with van der Waals surface area (Å²) in [5, 5.41) is 14.9. The Morgan fingerprint density at radius 2 is 1.81 bits per heavy atom. The van der Waals surface area contributed by atoms with Crippen LogP contribution in [0, 0.1) is 0 Å². The summed E-state index contributed by atoms with van der Waals surface area (Å²) in [7, 11) is 0. The number of aromatic nitrogens is 2. The van der Waals surface area contributed by atoms with Gasteiger partial charge in [0.15, 0.2) is 16.6 Å². The van der Waals surface area contributed by atoms with Gasteiger partial charge in [0.25, 0.3) is 11.8 Å². The molecule has 132 valence electrons. The molecule has 3 rings (SSSR count). The lowest BCUT2D eigenvalue weighted by atomic mass is 10.2. The largest absolute Gasteiger partial charge is 0.476 e. The molecule has 2 amide bonds. The molecule has 1 aromatic heterocycles. The van der Waals surface area contributed by atoms with Crippen LogP contribution >= 0.6 is 11.8 Å². The van der Waals surface area contributed by atoms with E-state index < -0.39 is 17.6 Å². The van der Waals surface area contributed by atoms with E-state index in [1.807, 2.05) is 0 Å². The molecule has 0 aliphatic carbocycles. The maximum Gasteiger partial charge on any atom is 0.356 e. The van der Waals surface area contributed by atoms with Crippen molar-refractivity contribution >= 4 is 40.4 Å². The van der Waals surface area contributed by atoms with Gasteiger partial charge < -0.3 is 15.7 Å². The molecule has 1 aliphatic rings. The molecule has 26 heavy (non-hydrogen) atoms. The second-order valence-corrected chi connectivity index (χ2v) is 6.17. The van der Waals surface area contributed by atoms with Crippen molar-refractivity contribution in [1.29, 1.82) is 0 Å². The summed E-state index contributed by atoms with van der Waals surface area (Å²) < 4.78 is 0. The minimum absolute atomic E-state index is 0.313. The van der Waals surface area contributed by atoms with Gasteiger partial charge >= 0.3 is 5.97 Å². The summed E-state index contributed by atoms with van der Waals surface area (Å²) in [4.78, 5) is 47.2. The zero-order valence-electron chi connectivity index (χ0n) is 13.3. The van der Waals surface area contributed by atoms with Crippen LogP contribution < -0.4 is 10.6 Å². The zero-order chi connectivity index (χ0) is 18.5. The fourth-order valence-electron chi connectivity index (χ4n) is 2.17. The molecular formula is C16H13N5O4S. The first kappa shape index (κ1) is 17.5. The topological polar surface area (TPSA) is 134 Å². The average Bonchev–Trinajstić information content (AvgIpc) is 3.15. The molecule has 0 saturated carbocycles. The van der Waals surface area contributed by atoms with Crippen LogP contribution in [0.4, 0.5) is 5.69 Å². The van der Waals surface area contributed by atoms with E-state index in [4.69, 9.17) is 5.11 Å². The van der Waals surface area contributed by atoms with Gasteiger partial charge in [-0.2, -0.15) is 0 Å². The highest BCUT2D eigenvalue weighted by Gasteiger charge is 2.20. The number of rotatable bonds is 4. The Bertz CT molecular complexity index is 915. The van der Waals surface area contributed by atoms with E-state index in [0.29, 0.717) is 23.0 Å². The minimum atomic E-state index is -1.36. The monoisotopic (exact) mass is 371 g/mol. The first-order valence-electron chi connectivity index (χ1n) is 7.49. The lowest BCUT2D eigenvalue weighted by molar-refractivity contribution is 0.0684. The molecule has 0 unspecified atom stereocenters. The van der Waals surface area contributed by atoms with E-state index in [1.54, 1.807) is 18.2 Å². The predicted octanol–water partition coefficient (Wildman–Crippen LogP) is 1.26. The molecule has 2 heterocycles. The smallest absolute Gasteiger partial charge is 0.356 e. The molecule has 0 saturated heterocycles. The maximum atomic E-state index is 12.3. The molecule has 10 heteroatoms. The number of amides is 2. The number of hydrogen-bond donors (Lipinski definition) is 3. The summed E-state index contributed by atoms with van der Waals surface area (Å²) in [5.74, 6) is -1.61. The predicted molar refractivity (Wildman–Crippen MR) is 95.6 cm³/mol. The van der Waals surface area contributed by atoms with Crippen LogP contribution in [0.5, 0.6) is 0 Å². The van der Waals surface area contributed by atoms with Crippen LogP contribution in [0.3, 0.4) is 0 Å². The van der Waals surface area contributed by atoms with Crippen molar-refractivity contribution in [3.8, 4) is 0 Å². The van der Waals surface area contributed by atoms with Gasteiger partial charge in [-0.25, -0.2) is 14.8 Å². The van der Waals surface area contributed by atoms with Gasteiger partial charge in [0, 0.05) is 29.4 Å². The van der Waals surface area contributed by atoms with Crippen LogP contribution in [-0.4, -0.2) is 50.3 Å². The second kappa shape index (κ2) is 7.74. The number of nitrogens with one attached hydrogen (secondary N) is 2. The summed E-state index contributed by atoms with van der Waals surface area (Å²) in [5.41, 5.74) is -0.108. The first-order valence-corrected chi connectivity index (χ1v) is 8.47. The van der Waals surface area contributed by atoms with Gasteiger partial charge in [0.1, 0.15) is 0 Å². The minimum Gasteiger partial charge on any atom is -0.476 e. The number of thioether (sulfide) groups is 1. The Morgan fingerprint density at radius 1 is 1.04 bits per heavy atom. The number of carbonyl (C=O) groups excluding carboxylic acids is 2. The van der Waals surface area contributed by atoms with E-state index in [2.05, 4.69) is 25.6 Å². The molecule has 1 aromatic carbocycles. The van der Waals surface area contributed by atoms with Crippen molar-refractivity contribution in [3.63, 3.8) is 0 Å². The number of nitrogens with zero attached hydrogens (tertiary/aromatic N) is 3. The van der Waals surface area contributed by atoms with Crippen molar-refractivity contribution in [2.75, 3.05) is 17.6 Å². The Morgan fingerprint density at radius 3 is 2.50 bits per heavy atom. The summed E-state index contributed by atoms with van der Waals surface area (Å²) >= 11 is 1.46. The van der Waals surface area contributed by atoms with Gasteiger partial charge in [-0.05, 0) is 18.2 Å². The van der Waals surface area contributed by atoms with E-state index in [9.17, 15) is 14.4 Å². The van der Waals surface area contributed by atoms with Crippen LogP contribution in [0.25, 0.3) is 0 Å². The number of anilines is 1. The molecular weight excluding hydrogens is 358 g/mol. The molecule has 0 fully saturated rings. The van der Waals surface area contributed by atoms with Crippen molar-refractivity contribution < 1.29 is 19.5 Å². The van der Waals surface area contributed by atoms with E-state index in [0.717, 1.165) is 5.75 Å². The summed E-state index contributed by atoms with van der Waals surface area (Å²) in [6.45, 7) is 0.667. The van der Waals surface area contributed by atoms with Gasteiger partial charge in [-0.1, -0.05) is 17.8 Å². The molecule has 0 atom stereocenters. The molecule has 3 N–H and O–H groups in total. The van der Waals surface area contributed by atoms with Crippen LogP contribution in [0.2, 0.25) is 0 Å². The van der Waals surface area contributed by atoms with Gasteiger partial charge in [0.2, 0.25) is 0 Å². The van der Waals surface area contributed by atoms with Crippen molar-refractivity contribution in [2.45, 2.75) is 0 Å². The number of carboxylic acids is 1. The quantitative estimate of drug-likeness (QED) is 0.736. The number of hydrogen-bond acceptors (Lipinski definition) is 7. The summed E-state index contributed by atoms with van der Waals surface area (Å²) in [6.07, 6.45) is 2.42. The number of benzene rings is 1. The molecule has 1 aliphatic heterocycles. The highest BCUT2D eigenvalue weighted by Crippen LogP contribution is 2.14. The Balaban J connectivity index is 1.75. The van der Waals surface area contributed by atoms with Crippen LogP contribution in [0.15, 0.2) is 41.7 Å². The number of carboxylic acid groups (broad SMARTS) is 1. The third-order valence-corrected chi connectivity index (χ3v) is 4.20. The van der Waals surface area contributed by atoms with Gasteiger partial charge in [-0.3, -0.25) is 14.6 Å². The number of amidine groups is 1. The fourth-order valence-corrected chi connectivity index (χ4v) is 2.89. The molecule has 2 aromatic rings. The van der Waals surface area contributed by atoms with E-state index >= 15 is 0 Å². The Labute approximate surface area is 152 Å². The van der Waals surface area contributed by atoms with Crippen LogP contribution in [0.1, 0.15) is 31.3 Å². The highest BCUT2D eigenvalue weighted by molar-refractivity contribution is 8.14. The number of aromatic carboxylic acids is 1. The van der Waals surface area contributed by atoms with Gasteiger partial charge in [0.05, 0.1) is 6.54 Å². The van der Waals surface area contributed by atoms with Crippen molar-refractivity contribution in [3.05, 3.63) is 53.6 Å². The van der Waals surface area contributed by atoms with Crippen molar-refractivity contribution in [1.82, 2.24) is 15.3 Å². The van der Waals surface area contributed by atoms with Crippen molar-refractivity contribution in [2.24, 2.45) is 4.99 Å². The van der Waals surface area contributed by atoms with Crippen LogP contribution in [-0.2, 0) is 0 Å². The second-order valence-electron chi connectivity index (χ2n) is 5.08. The summed E-state index contributed by atoms with van der Waals surface area (Å²) in [6, 6.07) is 6.25. The van der Waals surface area contributed by atoms with Gasteiger partial charge in [-0.15, -0.1) is 0 Å². The SMILES string of the molecule is O=C(NC1=NCCS1)c1cccc(NC(=O)c2nccnc2C(=O)O)c1. The standard InChI is InChI=1S/C16H13N5O4S/c22-13(21-16-19-6-7-26-16)9-2-1-3-10(8-9)20-14(23)11-12(15(24)25)18-5-4-17-11/h1-5,8H,6-7H2,(H,20,23)(H,24,25)(H,19,21,22). The highest BCUT2D eigenvalue weighted by atomic mass is 32.2. The van der Waals surface area contributed by atoms with E-state index in [1.165, 1.54) is 30.2 Å². The fraction of sp³-hybridized carbons (Fsp3) is 0.125. The molecule has 9 nitrogen and oxygen atoms in total. The molecule has 0 bridgehead atoms. The molecule has 0 radical (unpaired) electrons. The normalized spacial score (nSPS) is 13.0. The number of carbonyl (C=O) groups is 3. The Kier molecular flexibility index (Phi) is 5.23. The average molecular weight is 371 g/mol. The Hall–Kier alpha value is -3.27. The first-order chi connectivity index (χ1) is 12.5. The third-order valence-electron chi connectivity index (χ3n) is 3.30.